The summed E-state index contributed by atoms with van der Waals surface area (Å²) in [6.07, 6.45) is 3.14. The van der Waals surface area contributed by atoms with E-state index in [1.165, 1.54) is 12.3 Å². The smallest absolute Gasteiger partial charge is 0.260 e. The molecule has 0 aromatic carbocycles. The molecule has 6 nitrogen and oxygen atoms in total. The number of pyridine rings is 1. The highest BCUT2D eigenvalue weighted by Crippen LogP contribution is 2.18. The van der Waals surface area contributed by atoms with E-state index in [9.17, 15) is 9.59 Å². The molecule has 18 heavy (non-hydrogen) atoms. The summed E-state index contributed by atoms with van der Waals surface area (Å²) in [4.78, 5) is 33.5. The van der Waals surface area contributed by atoms with Crippen molar-refractivity contribution in [3.05, 3.63) is 45.8 Å². The molecule has 92 valence electrons. The molecule has 0 atom stereocenters. The van der Waals surface area contributed by atoms with E-state index in [0.29, 0.717) is 17.0 Å². The van der Waals surface area contributed by atoms with E-state index < -0.39 is 11.5 Å². The number of nitrogens with one attached hydrogen (secondary N) is 1. The summed E-state index contributed by atoms with van der Waals surface area (Å²) in [5.41, 5.74) is 7.23. The van der Waals surface area contributed by atoms with Crippen LogP contribution in [0.2, 0.25) is 0 Å². The van der Waals surface area contributed by atoms with Crippen molar-refractivity contribution in [1.29, 1.82) is 0 Å². The van der Waals surface area contributed by atoms with Crippen LogP contribution in [-0.2, 0) is 0 Å². The van der Waals surface area contributed by atoms with Crippen LogP contribution >= 0.6 is 0 Å². The Balaban J connectivity index is 2.65. The lowest BCUT2D eigenvalue weighted by Gasteiger charge is -2.06. The molecular formula is C12H12N4O2. The van der Waals surface area contributed by atoms with Crippen LogP contribution in [0.15, 0.2) is 23.3 Å². The number of aromatic amines is 1. The van der Waals surface area contributed by atoms with Crippen molar-refractivity contribution in [2.75, 3.05) is 0 Å². The number of rotatable bonds is 2. The molecule has 0 fully saturated rings. The van der Waals surface area contributed by atoms with Crippen LogP contribution in [0, 0.1) is 13.8 Å². The predicted octanol–water partition coefficient (Wildman–Crippen LogP) is 0.548. The fourth-order valence-electron chi connectivity index (χ4n) is 1.61. The minimum Gasteiger partial charge on any atom is -0.365 e. The molecule has 0 bridgehead atoms. The predicted molar refractivity (Wildman–Crippen MR) is 66.1 cm³/mol. The third-order valence-corrected chi connectivity index (χ3v) is 2.52. The van der Waals surface area contributed by atoms with Gasteiger partial charge in [0, 0.05) is 18.0 Å². The summed E-state index contributed by atoms with van der Waals surface area (Å²) in [6, 6.07) is 1.43. The van der Waals surface area contributed by atoms with Gasteiger partial charge in [-0.2, -0.15) is 0 Å². The molecule has 0 unspecified atom stereocenters. The summed E-state index contributed by atoms with van der Waals surface area (Å²) in [5.74, 6) is -0.767. The molecule has 0 aliphatic rings. The number of nitrogens with zero attached hydrogens (tertiary/aromatic N) is 2. The van der Waals surface area contributed by atoms with Crippen molar-refractivity contribution in [3.63, 3.8) is 0 Å². The molecule has 0 saturated heterocycles. The maximum atomic E-state index is 11.4. The van der Waals surface area contributed by atoms with Gasteiger partial charge in [0.25, 0.3) is 11.5 Å². The number of nitrogens with two attached hydrogens (primary N) is 1. The van der Waals surface area contributed by atoms with Gasteiger partial charge in [-0.1, -0.05) is 0 Å². The molecular weight excluding hydrogens is 232 g/mol. The van der Waals surface area contributed by atoms with Crippen LogP contribution in [-0.4, -0.2) is 20.9 Å². The molecule has 2 rings (SSSR count). The van der Waals surface area contributed by atoms with Crippen molar-refractivity contribution in [3.8, 4) is 11.3 Å². The first kappa shape index (κ1) is 12.0. The van der Waals surface area contributed by atoms with Gasteiger partial charge in [0.1, 0.15) is 5.56 Å². The van der Waals surface area contributed by atoms with Crippen molar-refractivity contribution < 1.29 is 4.79 Å². The number of hydrogen-bond acceptors (Lipinski definition) is 4. The van der Waals surface area contributed by atoms with Crippen LogP contribution in [0.5, 0.6) is 0 Å². The largest absolute Gasteiger partial charge is 0.365 e. The third kappa shape index (κ3) is 2.13. The van der Waals surface area contributed by atoms with E-state index >= 15 is 0 Å². The molecule has 2 aromatic heterocycles. The first-order valence-corrected chi connectivity index (χ1v) is 5.32. The van der Waals surface area contributed by atoms with Gasteiger partial charge in [-0.15, -0.1) is 0 Å². The van der Waals surface area contributed by atoms with Crippen LogP contribution in [0.1, 0.15) is 21.7 Å². The number of carbonyl (C=O) groups excluding carboxylic acids is 1. The van der Waals surface area contributed by atoms with Crippen LogP contribution in [0.3, 0.4) is 0 Å². The number of primary amides is 1. The molecule has 2 heterocycles. The van der Waals surface area contributed by atoms with Crippen LogP contribution in [0.25, 0.3) is 11.3 Å². The Morgan fingerprint density at radius 3 is 2.78 bits per heavy atom. The van der Waals surface area contributed by atoms with Gasteiger partial charge in [-0.05, 0) is 19.9 Å². The zero-order valence-electron chi connectivity index (χ0n) is 10.0. The van der Waals surface area contributed by atoms with Crippen molar-refractivity contribution in [2.24, 2.45) is 5.73 Å². The van der Waals surface area contributed by atoms with Gasteiger partial charge in [0.2, 0.25) is 0 Å². The lowest BCUT2D eigenvalue weighted by molar-refractivity contribution is 0.0999. The first-order valence-electron chi connectivity index (χ1n) is 5.32. The second-order valence-electron chi connectivity index (χ2n) is 3.94. The number of aryl methyl sites for hydroxylation is 2. The highest BCUT2D eigenvalue weighted by atomic mass is 16.2. The minimum absolute atomic E-state index is 0.0878. The number of carbonyl (C=O) groups is 1. The summed E-state index contributed by atoms with van der Waals surface area (Å²) in [6.45, 7) is 3.62. The normalized spacial score (nSPS) is 10.3. The van der Waals surface area contributed by atoms with E-state index in [1.807, 2.05) is 6.92 Å². The Bertz CT molecular complexity index is 676. The highest BCUT2D eigenvalue weighted by Gasteiger charge is 2.11. The number of amides is 1. The number of H-pyrrole nitrogens is 1. The van der Waals surface area contributed by atoms with Gasteiger partial charge in [-0.3, -0.25) is 14.6 Å². The maximum absolute atomic E-state index is 11.4. The Morgan fingerprint density at radius 1 is 1.39 bits per heavy atom. The molecule has 2 aromatic rings. The monoisotopic (exact) mass is 244 g/mol. The molecule has 0 aliphatic heterocycles. The van der Waals surface area contributed by atoms with Crippen molar-refractivity contribution in [2.45, 2.75) is 13.8 Å². The van der Waals surface area contributed by atoms with Gasteiger partial charge >= 0.3 is 0 Å². The number of hydrogen-bond donors (Lipinski definition) is 2. The fraction of sp³-hybridized carbons (Fsp3) is 0.167. The molecule has 3 N–H and O–H groups in total. The third-order valence-electron chi connectivity index (χ3n) is 2.52. The summed E-state index contributed by atoms with van der Waals surface area (Å²) >= 11 is 0. The fourth-order valence-corrected chi connectivity index (χ4v) is 1.61. The second-order valence-corrected chi connectivity index (χ2v) is 3.94. The molecule has 6 heteroatoms. The topological polar surface area (TPSA) is 102 Å². The van der Waals surface area contributed by atoms with E-state index in [4.69, 9.17) is 5.73 Å². The molecule has 0 radical (unpaired) electrons. The van der Waals surface area contributed by atoms with E-state index in [2.05, 4.69) is 15.0 Å². The van der Waals surface area contributed by atoms with Crippen LogP contribution in [0.4, 0.5) is 0 Å². The average molecular weight is 244 g/mol. The summed E-state index contributed by atoms with van der Waals surface area (Å²) < 4.78 is 0. The van der Waals surface area contributed by atoms with E-state index in [0.717, 1.165) is 5.69 Å². The molecule has 0 spiro atoms. The highest BCUT2D eigenvalue weighted by molar-refractivity contribution is 5.93. The SMILES string of the molecule is Cc1cnc(C)c(-c2c[nH]c(=O)c(C(N)=O)c2)n1. The number of aromatic nitrogens is 3. The Labute approximate surface area is 103 Å². The quantitative estimate of drug-likeness (QED) is 0.805. The Hall–Kier alpha value is -2.50. The lowest BCUT2D eigenvalue weighted by Crippen LogP contribution is -2.23. The second kappa shape index (κ2) is 4.40. The molecule has 0 aliphatic carbocycles. The maximum Gasteiger partial charge on any atom is 0.260 e. The van der Waals surface area contributed by atoms with E-state index in [1.54, 1.807) is 13.1 Å². The summed E-state index contributed by atoms with van der Waals surface area (Å²) in [5, 5.41) is 0. The molecule has 1 amide bonds. The van der Waals surface area contributed by atoms with Gasteiger partial charge in [-0.25, -0.2) is 4.98 Å². The zero-order chi connectivity index (χ0) is 13.3. The molecule has 0 saturated carbocycles. The van der Waals surface area contributed by atoms with Gasteiger partial charge in [0.15, 0.2) is 0 Å². The Kier molecular flexibility index (Phi) is 2.93. The van der Waals surface area contributed by atoms with Crippen LogP contribution < -0.4 is 11.3 Å². The lowest BCUT2D eigenvalue weighted by atomic mass is 10.1. The van der Waals surface area contributed by atoms with Crippen molar-refractivity contribution >= 4 is 5.91 Å². The summed E-state index contributed by atoms with van der Waals surface area (Å²) in [7, 11) is 0. The minimum atomic E-state index is -0.767. The standard InChI is InChI=1S/C12H12N4O2/c1-6-4-14-7(2)10(16-6)8-3-9(11(13)17)12(18)15-5-8/h3-5H,1-2H3,(H2,13,17)(H,15,18). The zero-order valence-corrected chi connectivity index (χ0v) is 10.0. The first-order chi connectivity index (χ1) is 8.49. The van der Waals surface area contributed by atoms with Gasteiger partial charge in [0.05, 0.1) is 17.1 Å². The average Bonchev–Trinajstić information content (AvgIpc) is 2.33. The van der Waals surface area contributed by atoms with E-state index in [-0.39, 0.29) is 5.56 Å². The Morgan fingerprint density at radius 2 is 2.11 bits per heavy atom. The van der Waals surface area contributed by atoms with Gasteiger partial charge < -0.3 is 10.7 Å². The van der Waals surface area contributed by atoms with Crippen molar-refractivity contribution in [1.82, 2.24) is 15.0 Å².